The zero-order valence-corrected chi connectivity index (χ0v) is 12.7. The molecule has 2 nitrogen and oxygen atoms in total. The number of carbonyl (C=O) groups is 1. The van der Waals surface area contributed by atoms with Crippen molar-refractivity contribution in [3.63, 3.8) is 0 Å². The molecule has 0 spiro atoms. The first kappa shape index (κ1) is 14.3. The molecule has 0 unspecified atom stereocenters. The molecule has 0 aliphatic heterocycles. The monoisotopic (exact) mass is 305 g/mol. The van der Waals surface area contributed by atoms with Gasteiger partial charge in [-0.25, -0.2) is 0 Å². The molecule has 0 atom stereocenters. The second kappa shape index (κ2) is 6.38. The molecule has 1 aromatic rings. The first-order valence-electron chi connectivity index (χ1n) is 6.26. The third-order valence-corrected chi connectivity index (χ3v) is 5.04. The quantitative estimate of drug-likeness (QED) is 0.763. The van der Waals surface area contributed by atoms with E-state index in [0.717, 1.165) is 0 Å². The van der Waals surface area contributed by atoms with Crippen LogP contribution < -0.4 is 0 Å². The number of carbonyl (C=O) groups excluding carboxylic acids is 1. The predicted molar refractivity (Wildman–Crippen MR) is 78.2 cm³/mol. The van der Waals surface area contributed by atoms with Crippen LogP contribution in [0.2, 0.25) is 8.67 Å². The minimum Gasteiger partial charge on any atom is -0.296 e. The van der Waals surface area contributed by atoms with Gasteiger partial charge in [-0.05, 0) is 26.0 Å². The molecule has 1 aliphatic rings. The standard InChI is InChI=1S/C13H17Cl2NOS/c1-16(9-5-3-2-4-6-9)8-11(17)10-7-12(14)18-13(10)15/h7,9H,2-6,8H2,1H3. The molecule has 0 radical (unpaired) electrons. The molecule has 1 fully saturated rings. The molecule has 1 heterocycles. The van der Waals surface area contributed by atoms with E-state index < -0.39 is 0 Å². The zero-order chi connectivity index (χ0) is 13.1. The molecule has 0 bridgehead atoms. The van der Waals surface area contributed by atoms with Gasteiger partial charge in [-0.2, -0.15) is 0 Å². The number of thiophene rings is 1. The summed E-state index contributed by atoms with van der Waals surface area (Å²) < 4.78 is 1.07. The van der Waals surface area contributed by atoms with E-state index in [-0.39, 0.29) is 5.78 Å². The summed E-state index contributed by atoms with van der Waals surface area (Å²) in [6.07, 6.45) is 6.26. The van der Waals surface area contributed by atoms with E-state index in [4.69, 9.17) is 23.2 Å². The van der Waals surface area contributed by atoms with E-state index in [1.165, 1.54) is 43.4 Å². The summed E-state index contributed by atoms with van der Waals surface area (Å²) in [4.78, 5) is 14.3. The minimum absolute atomic E-state index is 0.0659. The lowest BCUT2D eigenvalue weighted by Gasteiger charge is -2.30. The lowest BCUT2D eigenvalue weighted by molar-refractivity contribution is 0.0900. The van der Waals surface area contributed by atoms with Crippen LogP contribution in [0.3, 0.4) is 0 Å². The summed E-state index contributed by atoms with van der Waals surface area (Å²) in [6.45, 7) is 0.428. The van der Waals surface area contributed by atoms with Crippen molar-refractivity contribution >= 4 is 40.3 Å². The van der Waals surface area contributed by atoms with Crippen molar-refractivity contribution in [2.75, 3.05) is 13.6 Å². The smallest absolute Gasteiger partial charge is 0.179 e. The van der Waals surface area contributed by atoms with Crippen LogP contribution in [0.1, 0.15) is 42.5 Å². The predicted octanol–water partition coefficient (Wildman–Crippen LogP) is 4.50. The molecule has 1 saturated carbocycles. The van der Waals surface area contributed by atoms with Crippen LogP contribution in [0.5, 0.6) is 0 Å². The molecule has 2 rings (SSSR count). The second-order valence-corrected chi connectivity index (χ2v) is 7.15. The number of rotatable bonds is 4. The summed E-state index contributed by atoms with van der Waals surface area (Å²) in [5, 5.41) is 0. The van der Waals surface area contributed by atoms with Crippen LogP contribution in [0.4, 0.5) is 0 Å². The molecule has 1 aliphatic carbocycles. The number of hydrogen-bond acceptors (Lipinski definition) is 3. The number of likely N-dealkylation sites (N-methyl/N-ethyl adjacent to an activating group) is 1. The number of ketones is 1. The summed E-state index contributed by atoms with van der Waals surface area (Å²) in [7, 11) is 2.02. The summed E-state index contributed by atoms with van der Waals surface area (Å²) >= 11 is 13.1. The fourth-order valence-electron chi connectivity index (χ4n) is 2.49. The van der Waals surface area contributed by atoms with Gasteiger partial charge in [0, 0.05) is 6.04 Å². The molecule has 0 saturated heterocycles. The Morgan fingerprint density at radius 2 is 2.06 bits per heavy atom. The highest BCUT2D eigenvalue weighted by Gasteiger charge is 2.22. The Kier molecular flexibility index (Phi) is 5.07. The number of Topliss-reactive ketones (excluding diaryl/α,β-unsaturated/α-hetero) is 1. The van der Waals surface area contributed by atoms with Gasteiger partial charge in [0.1, 0.15) is 4.34 Å². The molecule has 1 aromatic heterocycles. The van der Waals surface area contributed by atoms with Crippen LogP contribution in [-0.4, -0.2) is 30.3 Å². The molecule has 18 heavy (non-hydrogen) atoms. The van der Waals surface area contributed by atoms with E-state index in [0.29, 0.717) is 26.8 Å². The average Bonchev–Trinajstić information content (AvgIpc) is 2.69. The molecule has 0 aromatic carbocycles. The number of nitrogens with zero attached hydrogens (tertiary/aromatic N) is 1. The Balaban J connectivity index is 1.96. The van der Waals surface area contributed by atoms with E-state index in [1.807, 2.05) is 7.05 Å². The maximum Gasteiger partial charge on any atom is 0.179 e. The normalized spacial score (nSPS) is 17.3. The lowest BCUT2D eigenvalue weighted by Crippen LogP contribution is -2.37. The summed E-state index contributed by atoms with van der Waals surface area (Å²) in [5.41, 5.74) is 0.564. The van der Waals surface area contributed by atoms with E-state index >= 15 is 0 Å². The molecular formula is C13H17Cl2NOS. The van der Waals surface area contributed by atoms with Gasteiger partial charge in [0.2, 0.25) is 0 Å². The molecular weight excluding hydrogens is 289 g/mol. The molecule has 0 N–H and O–H groups in total. The Morgan fingerprint density at radius 1 is 1.39 bits per heavy atom. The van der Waals surface area contributed by atoms with Crippen LogP contribution in [0.15, 0.2) is 6.07 Å². The third kappa shape index (κ3) is 3.47. The maximum absolute atomic E-state index is 12.2. The van der Waals surface area contributed by atoms with Crippen LogP contribution in [0.25, 0.3) is 0 Å². The molecule has 5 heteroatoms. The van der Waals surface area contributed by atoms with Crippen molar-refractivity contribution in [1.82, 2.24) is 4.90 Å². The minimum atomic E-state index is 0.0659. The van der Waals surface area contributed by atoms with Crippen LogP contribution in [0, 0.1) is 0 Å². The number of hydrogen-bond donors (Lipinski definition) is 0. The first-order chi connectivity index (χ1) is 8.58. The van der Waals surface area contributed by atoms with Gasteiger partial charge in [-0.3, -0.25) is 9.69 Å². The molecule has 0 amide bonds. The van der Waals surface area contributed by atoms with Crippen molar-refractivity contribution in [3.8, 4) is 0 Å². The van der Waals surface area contributed by atoms with E-state index in [2.05, 4.69) is 4.90 Å². The first-order valence-corrected chi connectivity index (χ1v) is 7.83. The highest BCUT2D eigenvalue weighted by atomic mass is 35.5. The van der Waals surface area contributed by atoms with Gasteiger partial charge >= 0.3 is 0 Å². The Bertz CT molecular complexity index is 427. The SMILES string of the molecule is CN(CC(=O)c1cc(Cl)sc1Cl)C1CCCCC1. The average molecular weight is 306 g/mol. The Morgan fingerprint density at radius 3 is 2.61 bits per heavy atom. The number of halogens is 2. The van der Waals surface area contributed by atoms with E-state index in [9.17, 15) is 4.79 Å². The van der Waals surface area contributed by atoms with Gasteiger partial charge in [0.25, 0.3) is 0 Å². The van der Waals surface area contributed by atoms with Gasteiger partial charge in [0.05, 0.1) is 16.4 Å². The molecule has 100 valence electrons. The fraction of sp³-hybridized carbons (Fsp3) is 0.615. The van der Waals surface area contributed by atoms with Gasteiger partial charge in [-0.15, -0.1) is 11.3 Å². The van der Waals surface area contributed by atoms with Crippen molar-refractivity contribution in [3.05, 3.63) is 20.3 Å². The van der Waals surface area contributed by atoms with Crippen LogP contribution >= 0.6 is 34.5 Å². The van der Waals surface area contributed by atoms with Crippen molar-refractivity contribution < 1.29 is 4.79 Å². The highest BCUT2D eigenvalue weighted by Crippen LogP contribution is 2.31. The van der Waals surface area contributed by atoms with Gasteiger partial charge in [0.15, 0.2) is 5.78 Å². The second-order valence-electron chi connectivity index (χ2n) is 4.87. The fourth-order valence-corrected chi connectivity index (χ4v) is 3.99. The van der Waals surface area contributed by atoms with E-state index in [1.54, 1.807) is 6.07 Å². The van der Waals surface area contributed by atoms with Crippen LogP contribution in [-0.2, 0) is 0 Å². The highest BCUT2D eigenvalue weighted by molar-refractivity contribution is 7.20. The van der Waals surface area contributed by atoms with Crippen molar-refractivity contribution in [2.24, 2.45) is 0 Å². The maximum atomic E-state index is 12.2. The Hall–Kier alpha value is -0.0900. The lowest BCUT2D eigenvalue weighted by atomic mass is 9.94. The Labute approximate surface area is 122 Å². The topological polar surface area (TPSA) is 20.3 Å². The summed E-state index contributed by atoms with van der Waals surface area (Å²) in [6, 6.07) is 2.21. The largest absolute Gasteiger partial charge is 0.296 e. The van der Waals surface area contributed by atoms with Gasteiger partial charge < -0.3 is 0 Å². The van der Waals surface area contributed by atoms with Crippen molar-refractivity contribution in [1.29, 1.82) is 0 Å². The summed E-state index contributed by atoms with van der Waals surface area (Å²) in [5.74, 6) is 0.0659. The third-order valence-electron chi connectivity index (χ3n) is 3.55. The zero-order valence-electron chi connectivity index (χ0n) is 10.4. The van der Waals surface area contributed by atoms with Crippen molar-refractivity contribution in [2.45, 2.75) is 38.1 Å². The van der Waals surface area contributed by atoms with Gasteiger partial charge in [-0.1, -0.05) is 42.5 Å².